The number of carbonyl (C=O) groups excluding carboxylic acids is 2. The summed E-state index contributed by atoms with van der Waals surface area (Å²) in [6, 6.07) is 0.282. The molecule has 0 unspecified atom stereocenters. The van der Waals surface area contributed by atoms with E-state index >= 15 is 0 Å². The van der Waals surface area contributed by atoms with E-state index in [-0.39, 0.29) is 23.7 Å². The lowest BCUT2D eigenvalue weighted by Gasteiger charge is -2.09. The van der Waals surface area contributed by atoms with E-state index in [0.29, 0.717) is 0 Å². The monoisotopic (exact) mass is 197 g/mol. The van der Waals surface area contributed by atoms with E-state index < -0.39 is 0 Å². The van der Waals surface area contributed by atoms with Crippen LogP contribution >= 0.6 is 0 Å². The number of rotatable bonds is 6. The third kappa shape index (κ3) is 3.48. The second kappa shape index (κ2) is 5.13. The average Bonchev–Trinajstić information content (AvgIpc) is 2.96. The van der Waals surface area contributed by atoms with E-state index in [0.717, 1.165) is 32.1 Å². The van der Waals surface area contributed by atoms with Crippen LogP contribution in [-0.2, 0) is 9.59 Å². The van der Waals surface area contributed by atoms with E-state index in [2.05, 4.69) is 12.2 Å². The number of Topliss-reactive ketones (excluding diaryl/α,β-unsaturated/α-hetero) is 1. The summed E-state index contributed by atoms with van der Waals surface area (Å²) in [6.07, 6.45) is 4.98. The van der Waals surface area contributed by atoms with Crippen LogP contribution in [0.15, 0.2) is 0 Å². The van der Waals surface area contributed by atoms with Crippen LogP contribution in [-0.4, -0.2) is 17.7 Å². The van der Waals surface area contributed by atoms with E-state index in [4.69, 9.17) is 0 Å². The van der Waals surface area contributed by atoms with Crippen LogP contribution in [0.25, 0.3) is 0 Å². The first-order chi connectivity index (χ1) is 6.65. The number of nitrogens with one attached hydrogen (secondary N) is 1. The number of unbranched alkanes of at least 4 members (excludes halogenated alkanes) is 1. The van der Waals surface area contributed by atoms with Gasteiger partial charge in [-0.2, -0.15) is 0 Å². The van der Waals surface area contributed by atoms with Crippen LogP contribution in [0.2, 0.25) is 0 Å². The Kier molecular flexibility index (Phi) is 4.11. The maximum Gasteiger partial charge on any atom is 0.287 e. The molecule has 1 saturated carbocycles. The average molecular weight is 197 g/mol. The SMILES string of the molecule is CCCC[C@H](C)C(=O)C(=O)NC1CC1. The van der Waals surface area contributed by atoms with Gasteiger partial charge in [0.15, 0.2) is 0 Å². The molecule has 0 aromatic heterocycles. The van der Waals surface area contributed by atoms with Crippen LogP contribution in [0.1, 0.15) is 46.0 Å². The van der Waals surface area contributed by atoms with Crippen molar-refractivity contribution in [1.82, 2.24) is 5.32 Å². The van der Waals surface area contributed by atoms with Crippen LogP contribution in [0, 0.1) is 5.92 Å². The smallest absolute Gasteiger partial charge is 0.287 e. The normalized spacial score (nSPS) is 17.6. The van der Waals surface area contributed by atoms with Gasteiger partial charge in [0, 0.05) is 12.0 Å². The van der Waals surface area contributed by atoms with Gasteiger partial charge in [0.2, 0.25) is 5.78 Å². The van der Waals surface area contributed by atoms with Gasteiger partial charge in [0.1, 0.15) is 0 Å². The molecular formula is C11H19NO2. The molecule has 0 aromatic carbocycles. The standard InChI is InChI=1S/C11H19NO2/c1-3-4-5-8(2)10(13)11(14)12-9-6-7-9/h8-9H,3-7H2,1-2H3,(H,12,14)/t8-/m0/s1. The van der Waals surface area contributed by atoms with Gasteiger partial charge in [-0.3, -0.25) is 9.59 Å². The Balaban J connectivity index is 2.26. The molecule has 0 bridgehead atoms. The van der Waals surface area contributed by atoms with E-state index in [1.165, 1.54) is 0 Å². The van der Waals surface area contributed by atoms with Gasteiger partial charge in [-0.05, 0) is 19.3 Å². The van der Waals surface area contributed by atoms with Crippen molar-refractivity contribution in [2.75, 3.05) is 0 Å². The third-order valence-electron chi connectivity index (χ3n) is 2.57. The summed E-state index contributed by atoms with van der Waals surface area (Å²) in [4.78, 5) is 22.8. The van der Waals surface area contributed by atoms with Crippen molar-refractivity contribution in [3.63, 3.8) is 0 Å². The first kappa shape index (κ1) is 11.2. The predicted molar refractivity (Wildman–Crippen MR) is 54.9 cm³/mol. The van der Waals surface area contributed by atoms with Gasteiger partial charge in [-0.1, -0.05) is 26.7 Å². The molecule has 0 heterocycles. The topological polar surface area (TPSA) is 46.2 Å². The minimum atomic E-state index is -0.379. The van der Waals surface area contributed by atoms with Crippen molar-refractivity contribution in [3.8, 4) is 0 Å². The zero-order chi connectivity index (χ0) is 10.6. The summed E-state index contributed by atoms with van der Waals surface area (Å²) >= 11 is 0. The molecule has 1 amide bonds. The summed E-state index contributed by atoms with van der Waals surface area (Å²) in [5, 5.41) is 2.72. The molecule has 1 rings (SSSR count). The largest absolute Gasteiger partial charge is 0.347 e. The fourth-order valence-corrected chi connectivity index (χ4v) is 1.35. The van der Waals surface area contributed by atoms with Gasteiger partial charge in [0.05, 0.1) is 0 Å². The fourth-order valence-electron chi connectivity index (χ4n) is 1.35. The first-order valence-corrected chi connectivity index (χ1v) is 5.49. The molecule has 3 heteroatoms. The molecule has 1 aliphatic rings. The Labute approximate surface area is 85.3 Å². The van der Waals surface area contributed by atoms with Gasteiger partial charge < -0.3 is 5.32 Å². The van der Waals surface area contributed by atoms with Crippen molar-refractivity contribution in [2.45, 2.75) is 52.0 Å². The summed E-state index contributed by atoms with van der Waals surface area (Å²) in [6.45, 7) is 3.92. The van der Waals surface area contributed by atoms with Crippen molar-refractivity contribution in [2.24, 2.45) is 5.92 Å². The maximum absolute atomic E-state index is 11.5. The minimum absolute atomic E-state index is 0.117. The molecule has 0 aromatic rings. The molecule has 0 aliphatic heterocycles. The zero-order valence-corrected chi connectivity index (χ0v) is 9.01. The Hall–Kier alpha value is -0.860. The molecule has 1 N–H and O–H groups in total. The summed E-state index contributed by atoms with van der Waals surface area (Å²) in [5.41, 5.74) is 0. The Morgan fingerprint density at radius 2 is 2.07 bits per heavy atom. The first-order valence-electron chi connectivity index (χ1n) is 5.49. The predicted octanol–water partition coefficient (Wildman–Crippen LogP) is 1.66. The lowest BCUT2D eigenvalue weighted by Crippen LogP contribution is -2.35. The van der Waals surface area contributed by atoms with Crippen LogP contribution in [0.4, 0.5) is 0 Å². The van der Waals surface area contributed by atoms with Crippen molar-refractivity contribution in [3.05, 3.63) is 0 Å². The molecule has 1 aliphatic carbocycles. The number of amides is 1. The molecule has 80 valence electrons. The summed E-state index contributed by atoms with van der Waals surface area (Å²) in [7, 11) is 0. The molecule has 0 radical (unpaired) electrons. The zero-order valence-electron chi connectivity index (χ0n) is 9.01. The van der Waals surface area contributed by atoms with Gasteiger partial charge in [-0.15, -0.1) is 0 Å². The van der Waals surface area contributed by atoms with Crippen LogP contribution in [0.3, 0.4) is 0 Å². The minimum Gasteiger partial charge on any atom is -0.347 e. The molecule has 1 atom stereocenters. The summed E-state index contributed by atoms with van der Waals surface area (Å²) in [5.74, 6) is -0.741. The second-order valence-corrected chi connectivity index (χ2v) is 4.16. The lowest BCUT2D eigenvalue weighted by atomic mass is 9.99. The molecular weight excluding hydrogens is 178 g/mol. The Bertz CT molecular complexity index is 221. The molecule has 3 nitrogen and oxygen atoms in total. The van der Waals surface area contributed by atoms with Crippen molar-refractivity contribution < 1.29 is 9.59 Å². The highest BCUT2D eigenvalue weighted by Crippen LogP contribution is 2.19. The second-order valence-electron chi connectivity index (χ2n) is 4.16. The van der Waals surface area contributed by atoms with E-state index in [9.17, 15) is 9.59 Å². The number of ketones is 1. The van der Waals surface area contributed by atoms with Crippen LogP contribution < -0.4 is 5.32 Å². The summed E-state index contributed by atoms with van der Waals surface area (Å²) < 4.78 is 0. The quantitative estimate of drug-likeness (QED) is 0.658. The number of hydrogen-bond acceptors (Lipinski definition) is 2. The molecule has 0 spiro atoms. The van der Waals surface area contributed by atoms with Gasteiger partial charge in [0.25, 0.3) is 5.91 Å². The Morgan fingerprint density at radius 3 is 2.57 bits per heavy atom. The van der Waals surface area contributed by atoms with Crippen molar-refractivity contribution >= 4 is 11.7 Å². The maximum atomic E-state index is 11.5. The lowest BCUT2D eigenvalue weighted by molar-refractivity contribution is -0.140. The van der Waals surface area contributed by atoms with Gasteiger partial charge in [-0.25, -0.2) is 0 Å². The third-order valence-corrected chi connectivity index (χ3v) is 2.57. The van der Waals surface area contributed by atoms with E-state index in [1.54, 1.807) is 0 Å². The number of carbonyl (C=O) groups is 2. The molecule has 1 fully saturated rings. The molecule has 14 heavy (non-hydrogen) atoms. The number of hydrogen-bond donors (Lipinski definition) is 1. The fraction of sp³-hybridized carbons (Fsp3) is 0.818. The Morgan fingerprint density at radius 1 is 1.43 bits per heavy atom. The van der Waals surface area contributed by atoms with Gasteiger partial charge >= 0.3 is 0 Å². The van der Waals surface area contributed by atoms with Crippen molar-refractivity contribution in [1.29, 1.82) is 0 Å². The van der Waals surface area contributed by atoms with Crippen LogP contribution in [0.5, 0.6) is 0 Å². The highest BCUT2D eigenvalue weighted by atomic mass is 16.2. The van der Waals surface area contributed by atoms with E-state index in [1.807, 2.05) is 6.92 Å². The highest BCUT2D eigenvalue weighted by molar-refractivity contribution is 6.36. The molecule has 0 saturated heterocycles. The highest BCUT2D eigenvalue weighted by Gasteiger charge is 2.28.